The third-order valence-electron chi connectivity index (χ3n) is 6.92. The van der Waals surface area contributed by atoms with Crippen LogP contribution in [-0.4, -0.2) is 53.0 Å². The lowest BCUT2D eigenvalue weighted by Crippen LogP contribution is -2.52. The van der Waals surface area contributed by atoms with Crippen molar-refractivity contribution in [2.45, 2.75) is 75.4 Å². The second-order valence-electron chi connectivity index (χ2n) is 9.19. The van der Waals surface area contributed by atoms with Crippen molar-refractivity contribution in [1.82, 2.24) is 20.9 Å². The molecule has 0 spiro atoms. The van der Waals surface area contributed by atoms with Gasteiger partial charge in [-0.25, -0.2) is 4.39 Å². The van der Waals surface area contributed by atoms with Gasteiger partial charge in [-0.2, -0.15) is 0 Å². The van der Waals surface area contributed by atoms with Crippen LogP contribution in [-0.2, 0) is 22.7 Å². The number of imide groups is 1. The zero-order valence-electron chi connectivity index (χ0n) is 16.9. The molecule has 30 heavy (non-hydrogen) atoms. The van der Waals surface area contributed by atoms with Gasteiger partial charge in [0.1, 0.15) is 11.7 Å². The minimum Gasteiger partial charge on any atom is -0.322 e. The van der Waals surface area contributed by atoms with E-state index in [9.17, 15) is 14.4 Å². The topological polar surface area (TPSA) is 90.5 Å². The van der Waals surface area contributed by atoms with Crippen molar-refractivity contribution in [3.8, 4) is 0 Å². The van der Waals surface area contributed by atoms with E-state index < -0.39 is 17.6 Å². The molecule has 2 bridgehead atoms. The Balaban J connectivity index is 1.21. The summed E-state index contributed by atoms with van der Waals surface area (Å²) in [6, 6.07) is 5.69. The van der Waals surface area contributed by atoms with E-state index in [1.807, 2.05) is 18.2 Å². The highest BCUT2D eigenvalue weighted by molar-refractivity contribution is 6.05. The van der Waals surface area contributed by atoms with Crippen LogP contribution in [0.25, 0.3) is 0 Å². The van der Waals surface area contributed by atoms with E-state index in [1.54, 1.807) is 4.90 Å². The number of hydrogen-bond donors (Lipinski definition) is 3. The lowest BCUT2D eigenvalue weighted by Gasteiger charge is -2.35. The van der Waals surface area contributed by atoms with Gasteiger partial charge in [0, 0.05) is 43.7 Å². The van der Waals surface area contributed by atoms with Gasteiger partial charge < -0.3 is 15.5 Å². The van der Waals surface area contributed by atoms with Crippen molar-refractivity contribution in [3.63, 3.8) is 0 Å². The highest BCUT2D eigenvalue weighted by atomic mass is 19.1. The summed E-state index contributed by atoms with van der Waals surface area (Å²) in [6.07, 6.45) is 3.84. The molecular weight excluding hydrogens is 387 g/mol. The van der Waals surface area contributed by atoms with E-state index in [2.05, 4.69) is 16.0 Å². The number of amides is 3. The van der Waals surface area contributed by atoms with Crippen molar-refractivity contribution < 1.29 is 18.8 Å². The molecule has 8 heteroatoms. The molecule has 4 aliphatic heterocycles. The fourth-order valence-electron chi connectivity index (χ4n) is 5.48. The number of piperidine rings is 2. The van der Waals surface area contributed by atoms with Crippen molar-refractivity contribution in [2.75, 3.05) is 6.54 Å². The Morgan fingerprint density at radius 2 is 1.90 bits per heavy atom. The molecule has 0 saturated carbocycles. The van der Waals surface area contributed by atoms with Crippen molar-refractivity contribution in [1.29, 1.82) is 0 Å². The standard InChI is InChI=1S/C22H27FN4O3/c23-22(8-15-3-4-16(9-22)25-15)12-24-10-13-1-2-14-11-27(21(30)17(14)7-13)18-5-6-19(28)26-20(18)29/h1-2,7,15-16,18,24-25H,3-6,8-12H2,(H,26,28,29). The number of nitrogens with one attached hydrogen (secondary N) is 3. The van der Waals surface area contributed by atoms with Gasteiger partial charge in [-0.15, -0.1) is 0 Å². The zero-order valence-corrected chi connectivity index (χ0v) is 16.9. The third kappa shape index (κ3) is 3.63. The molecule has 3 fully saturated rings. The van der Waals surface area contributed by atoms with Crippen molar-refractivity contribution in [3.05, 3.63) is 34.9 Å². The van der Waals surface area contributed by atoms with Crippen LogP contribution < -0.4 is 16.0 Å². The van der Waals surface area contributed by atoms with E-state index in [0.717, 1.165) is 24.0 Å². The Hall–Kier alpha value is -2.32. The number of benzene rings is 1. The average molecular weight is 414 g/mol. The molecule has 0 radical (unpaired) electrons. The average Bonchev–Trinajstić information content (AvgIpc) is 3.21. The Labute approximate surface area is 174 Å². The summed E-state index contributed by atoms with van der Waals surface area (Å²) in [7, 11) is 0. The predicted molar refractivity (Wildman–Crippen MR) is 107 cm³/mol. The second-order valence-corrected chi connectivity index (χ2v) is 9.19. The molecule has 3 atom stereocenters. The summed E-state index contributed by atoms with van der Waals surface area (Å²) in [5.74, 6) is -0.877. The van der Waals surface area contributed by atoms with Gasteiger partial charge in [-0.1, -0.05) is 12.1 Å². The first-order valence-corrected chi connectivity index (χ1v) is 10.8. The highest BCUT2D eigenvalue weighted by Crippen LogP contribution is 2.36. The van der Waals surface area contributed by atoms with Gasteiger partial charge in [0.15, 0.2) is 0 Å². The summed E-state index contributed by atoms with van der Waals surface area (Å²) in [4.78, 5) is 38.0. The summed E-state index contributed by atoms with van der Waals surface area (Å²) in [5.41, 5.74) is 1.22. The number of nitrogens with zero attached hydrogens (tertiary/aromatic N) is 1. The second kappa shape index (κ2) is 7.42. The monoisotopic (exact) mass is 414 g/mol. The summed E-state index contributed by atoms with van der Waals surface area (Å²) >= 11 is 0. The molecule has 3 unspecified atom stereocenters. The molecule has 0 aromatic heterocycles. The van der Waals surface area contributed by atoms with Crippen LogP contribution in [0.1, 0.15) is 60.0 Å². The Morgan fingerprint density at radius 1 is 1.13 bits per heavy atom. The van der Waals surface area contributed by atoms with Crippen LogP contribution in [0.2, 0.25) is 0 Å². The van der Waals surface area contributed by atoms with Gasteiger partial charge in [0.05, 0.1) is 0 Å². The first-order chi connectivity index (χ1) is 14.4. The van der Waals surface area contributed by atoms with Crippen LogP contribution >= 0.6 is 0 Å². The van der Waals surface area contributed by atoms with E-state index in [4.69, 9.17) is 0 Å². The predicted octanol–water partition coefficient (Wildman–Crippen LogP) is 1.16. The molecule has 160 valence electrons. The van der Waals surface area contributed by atoms with Gasteiger partial charge in [-0.05, 0) is 49.3 Å². The van der Waals surface area contributed by atoms with Gasteiger partial charge in [-0.3, -0.25) is 19.7 Å². The molecule has 3 saturated heterocycles. The van der Waals surface area contributed by atoms with Gasteiger partial charge in [0.2, 0.25) is 11.8 Å². The SMILES string of the molecule is O=C1CCC(N2Cc3ccc(CNCC4(F)CC5CCC(C4)N5)cc3C2=O)C(=O)N1. The Bertz CT molecular complexity index is 892. The maximum Gasteiger partial charge on any atom is 0.255 e. The highest BCUT2D eigenvalue weighted by Gasteiger charge is 2.44. The molecular formula is C22H27FN4O3. The molecule has 1 aromatic carbocycles. The number of carbonyl (C=O) groups excluding carboxylic acids is 3. The van der Waals surface area contributed by atoms with E-state index in [-0.39, 0.29) is 18.2 Å². The van der Waals surface area contributed by atoms with E-state index in [1.165, 1.54) is 0 Å². The van der Waals surface area contributed by atoms with Gasteiger partial charge >= 0.3 is 0 Å². The Kier molecular flexibility index (Phi) is 4.86. The third-order valence-corrected chi connectivity index (χ3v) is 6.92. The summed E-state index contributed by atoms with van der Waals surface area (Å²) in [6.45, 7) is 1.18. The smallest absolute Gasteiger partial charge is 0.255 e. The number of rotatable bonds is 5. The van der Waals surface area contributed by atoms with Gasteiger partial charge in [0.25, 0.3) is 5.91 Å². The van der Waals surface area contributed by atoms with Crippen molar-refractivity contribution >= 4 is 17.7 Å². The lowest BCUT2D eigenvalue weighted by atomic mass is 9.89. The van der Waals surface area contributed by atoms with Crippen molar-refractivity contribution in [2.24, 2.45) is 0 Å². The normalized spacial score (nSPS) is 33.0. The number of alkyl halides is 1. The fraction of sp³-hybridized carbons (Fsp3) is 0.591. The lowest BCUT2D eigenvalue weighted by molar-refractivity contribution is -0.136. The van der Waals surface area contributed by atoms with Crippen LogP contribution in [0.4, 0.5) is 4.39 Å². The molecule has 0 aliphatic carbocycles. The fourth-order valence-corrected chi connectivity index (χ4v) is 5.48. The number of fused-ring (bicyclic) bond motifs is 3. The molecule has 3 N–H and O–H groups in total. The van der Waals surface area contributed by atoms with Crippen LogP contribution in [0.3, 0.4) is 0 Å². The number of halogens is 1. The minimum absolute atomic E-state index is 0.182. The first kappa shape index (κ1) is 19.6. The largest absolute Gasteiger partial charge is 0.322 e. The first-order valence-electron chi connectivity index (χ1n) is 10.8. The molecule has 5 rings (SSSR count). The van der Waals surface area contributed by atoms with Crippen LogP contribution in [0.5, 0.6) is 0 Å². The molecule has 7 nitrogen and oxygen atoms in total. The minimum atomic E-state index is -1.17. The number of hydrogen-bond acceptors (Lipinski definition) is 5. The van der Waals surface area contributed by atoms with E-state index in [0.29, 0.717) is 56.5 Å². The Morgan fingerprint density at radius 3 is 2.63 bits per heavy atom. The maximum atomic E-state index is 15.2. The van der Waals surface area contributed by atoms with Crippen LogP contribution in [0, 0.1) is 0 Å². The number of carbonyl (C=O) groups is 3. The molecule has 1 aromatic rings. The maximum absolute atomic E-state index is 15.2. The molecule has 3 amide bonds. The zero-order chi connectivity index (χ0) is 20.9. The van der Waals surface area contributed by atoms with E-state index >= 15 is 4.39 Å². The van der Waals surface area contributed by atoms with Crippen LogP contribution in [0.15, 0.2) is 18.2 Å². The summed E-state index contributed by atoms with van der Waals surface area (Å²) < 4.78 is 15.2. The summed E-state index contributed by atoms with van der Waals surface area (Å²) in [5, 5.41) is 9.03. The molecule has 4 heterocycles. The quantitative estimate of drug-likeness (QED) is 0.629. The molecule has 4 aliphatic rings.